The van der Waals surface area contributed by atoms with E-state index in [0.29, 0.717) is 12.6 Å². The molecule has 0 fully saturated rings. The molecule has 2 heterocycles. The molecule has 3 nitrogen and oxygen atoms in total. The Morgan fingerprint density at radius 3 is 2.94 bits per heavy atom. The predicted octanol–water partition coefficient (Wildman–Crippen LogP) is 3.66. The average molecular weight is 301 g/mol. The zero-order valence-corrected chi connectivity index (χ0v) is 11.6. The standard InChI is InChI=1S/C11H13BrN2OS/c1-7-3-10(15-14-7)5-13-8(2)11-4-9(12)6-16-11/h3-4,6,8,13H,5H2,1-2H3. The van der Waals surface area contributed by atoms with Crippen molar-refractivity contribution in [1.82, 2.24) is 10.5 Å². The Morgan fingerprint density at radius 2 is 2.38 bits per heavy atom. The van der Waals surface area contributed by atoms with E-state index < -0.39 is 0 Å². The van der Waals surface area contributed by atoms with Crippen LogP contribution in [0.3, 0.4) is 0 Å². The van der Waals surface area contributed by atoms with Gasteiger partial charge in [-0.15, -0.1) is 11.3 Å². The summed E-state index contributed by atoms with van der Waals surface area (Å²) in [7, 11) is 0. The maximum atomic E-state index is 5.14. The van der Waals surface area contributed by atoms with E-state index in [1.807, 2.05) is 13.0 Å². The lowest BCUT2D eigenvalue weighted by molar-refractivity contribution is 0.363. The van der Waals surface area contributed by atoms with Crippen molar-refractivity contribution < 1.29 is 4.52 Å². The lowest BCUT2D eigenvalue weighted by Gasteiger charge is -2.09. The quantitative estimate of drug-likeness (QED) is 0.936. The van der Waals surface area contributed by atoms with Gasteiger partial charge in [-0.25, -0.2) is 0 Å². The third-order valence-corrected chi connectivity index (χ3v) is 4.15. The van der Waals surface area contributed by atoms with E-state index in [-0.39, 0.29) is 0 Å². The molecule has 2 rings (SSSR count). The van der Waals surface area contributed by atoms with Gasteiger partial charge in [-0.3, -0.25) is 0 Å². The van der Waals surface area contributed by atoms with E-state index in [4.69, 9.17) is 4.52 Å². The number of aryl methyl sites for hydroxylation is 1. The number of aromatic nitrogens is 1. The van der Waals surface area contributed by atoms with Crippen molar-refractivity contribution in [2.45, 2.75) is 26.4 Å². The molecule has 1 unspecified atom stereocenters. The molecule has 0 spiro atoms. The van der Waals surface area contributed by atoms with E-state index in [1.54, 1.807) is 11.3 Å². The second-order valence-corrected chi connectivity index (χ2v) is 5.56. The minimum atomic E-state index is 0.321. The van der Waals surface area contributed by atoms with Gasteiger partial charge in [0, 0.05) is 26.8 Å². The second kappa shape index (κ2) is 5.12. The van der Waals surface area contributed by atoms with Crippen LogP contribution in [0.25, 0.3) is 0 Å². The summed E-state index contributed by atoms with van der Waals surface area (Å²) in [6, 6.07) is 4.40. The van der Waals surface area contributed by atoms with Gasteiger partial charge in [-0.2, -0.15) is 0 Å². The van der Waals surface area contributed by atoms with Crippen LogP contribution >= 0.6 is 27.3 Å². The van der Waals surface area contributed by atoms with Crippen LogP contribution in [0.2, 0.25) is 0 Å². The lowest BCUT2D eigenvalue weighted by Crippen LogP contribution is -2.16. The van der Waals surface area contributed by atoms with E-state index in [9.17, 15) is 0 Å². The first kappa shape index (κ1) is 11.8. The summed E-state index contributed by atoms with van der Waals surface area (Å²) in [6.07, 6.45) is 0. The molecule has 16 heavy (non-hydrogen) atoms. The monoisotopic (exact) mass is 300 g/mol. The van der Waals surface area contributed by atoms with Crippen LogP contribution in [0, 0.1) is 6.92 Å². The van der Waals surface area contributed by atoms with Gasteiger partial charge in [0.15, 0.2) is 5.76 Å². The van der Waals surface area contributed by atoms with Crippen LogP contribution in [-0.4, -0.2) is 5.16 Å². The van der Waals surface area contributed by atoms with Gasteiger partial charge in [0.25, 0.3) is 0 Å². The second-order valence-electron chi connectivity index (χ2n) is 3.70. The Balaban J connectivity index is 1.91. The SMILES string of the molecule is Cc1cc(CNC(C)c2cc(Br)cs2)on1. The van der Waals surface area contributed by atoms with Crippen LogP contribution in [0.5, 0.6) is 0 Å². The van der Waals surface area contributed by atoms with Gasteiger partial charge in [0.1, 0.15) is 0 Å². The molecule has 0 radical (unpaired) electrons. The highest BCUT2D eigenvalue weighted by molar-refractivity contribution is 9.10. The molecule has 0 saturated heterocycles. The Bertz CT molecular complexity index is 466. The molecule has 2 aromatic heterocycles. The van der Waals surface area contributed by atoms with Gasteiger partial charge in [-0.05, 0) is 35.8 Å². The Morgan fingerprint density at radius 1 is 1.56 bits per heavy atom. The number of nitrogens with zero attached hydrogens (tertiary/aromatic N) is 1. The van der Waals surface area contributed by atoms with Crippen molar-refractivity contribution in [3.8, 4) is 0 Å². The highest BCUT2D eigenvalue weighted by Gasteiger charge is 2.08. The molecule has 0 saturated carbocycles. The fourth-order valence-electron chi connectivity index (χ4n) is 1.41. The summed E-state index contributed by atoms with van der Waals surface area (Å²) in [4.78, 5) is 1.31. The number of thiophene rings is 1. The molecule has 2 aromatic rings. The molecule has 0 aliphatic heterocycles. The zero-order valence-electron chi connectivity index (χ0n) is 9.16. The molecular weight excluding hydrogens is 288 g/mol. The number of hydrogen-bond acceptors (Lipinski definition) is 4. The third-order valence-electron chi connectivity index (χ3n) is 2.27. The normalized spacial score (nSPS) is 12.9. The van der Waals surface area contributed by atoms with Gasteiger partial charge in [-0.1, -0.05) is 5.16 Å². The van der Waals surface area contributed by atoms with E-state index in [1.165, 1.54) is 4.88 Å². The van der Waals surface area contributed by atoms with Crippen molar-refractivity contribution in [2.24, 2.45) is 0 Å². The summed E-state index contributed by atoms with van der Waals surface area (Å²) >= 11 is 5.20. The minimum absolute atomic E-state index is 0.321. The summed E-state index contributed by atoms with van der Waals surface area (Å²) in [6.45, 7) is 4.77. The van der Waals surface area contributed by atoms with Gasteiger partial charge in [0.05, 0.1) is 12.2 Å². The van der Waals surface area contributed by atoms with Crippen LogP contribution in [0.4, 0.5) is 0 Å². The van der Waals surface area contributed by atoms with Crippen molar-refractivity contribution >= 4 is 27.3 Å². The third kappa shape index (κ3) is 2.93. The first-order chi connectivity index (χ1) is 7.65. The smallest absolute Gasteiger partial charge is 0.150 e. The van der Waals surface area contributed by atoms with Crippen LogP contribution < -0.4 is 5.32 Å². The molecule has 0 aromatic carbocycles. The summed E-state index contributed by atoms with van der Waals surface area (Å²) in [5, 5.41) is 9.34. The van der Waals surface area contributed by atoms with Crippen LogP contribution in [0.15, 0.2) is 26.5 Å². The van der Waals surface area contributed by atoms with Crippen molar-refractivity contribution in [2.75, 3.05) is 0 Å². The van der Waals surface area contributed by atoms with Gasteiger partial charge in [0.2, 0.25) is 0 Å². The molecule has 0 aliphatic carbocycles. The maximum absolute atomic E-state index is 5.14. The Labute approximate surface area is 107 Å². The summed E-state index contributed by atoms with van der Waals surface area (Å²) < 4.78 is 6.27. The molecule has 1 N–H and O–H groups in total. The molecule has 0 aliphatic rings. The zero-order chi connectivity index (χ0) is 11.5. The van der Waals surface area contributed by atoms with Gasteiger partial charge >= 0.3 is 0 Å². The van der Waals surface area contributed by atoms with Crippen molar-refractivity contribution in [3.63, 3.8) is 0 Å². The molecular formula is C11H13BrN2OS. The molecule has 5 heteroatoms. The number of nitrogens with one attached hydrogen (secondary N) is 1. The van der Waals surface area contributed by atoms with Crippen LogP contribution in [-0.2, 0) is 6.54 Å². The molecule has 86 valence electrons. The van der Waals surface area contributed by atoms with E-state index >= 15 is 0 Å². The van der Waals surface area contributed by atoms with Gasteiger partial charge < -0.3 is 9.84 Å². The maximum Gasteiger partial charge on any atom is 0.150 e. The van der Waals surface area contributed by atoms with Crippen molar-refractivity contribution in [3.05, 3.63) is 38.3 Å². The average Bonchev–Trinajstić information content (AvgIpc) is 2.84. The number of rotatable bonds is 4. The fraction of sp³-hybridized carbons (Fsp3) is 0.364. The Hall–Kier alpha value is -0.650. The fourth-order valence-corrected chi connectivity index (χ4v) is 2.89. The highest BCUT2D eigenvalue weighted by Crippen LogP contribution is 2.25. The first-order valence-electron chi connectivity index (χ1n) is 5.04. The van der Waals surface area contributed by atoms with Crippen LogP contribution in [0.1, 0.15) is 29.3 Å². The molecule has 1 atom stereocenters. The molecule has 0 bridgehead atoms. The lowest BCUT2D eigenvalue weighted by atomic mass is 10.2. The molecule has 0 amide bonds. The summed E-state index contributed by atoms with van der Waals surface area (Å²) in [5.74, 6) is 0.875. The highest BCUT2D eigenvalue weighted by atomic mass is 79.9. The Kier molecular flexibility index (Phi) is 3.78. The summed E-state index contributed by atoms with van der Waals surface area (Å²) in [5.41, 5.74) is 0.920. The predicted molar refractivity (Wildman–Crippen MR) is 68.5 cm³/mol. The minimum Gasteiger partial charge on any atom is -0.360 e. The largest absolute Gasteiger partial charge is 0.360 e. The topological polar surface area (TPSA) is 38.1 Å². The van der Waals surface area contributed by atoms with E-state index in [2.05, 4.69) is 44.8 Å². The van der Waals surface area contributed by atoms with E-state index in [0.717, 1.165) is 15.9 Å². The first-order valence-corrected chi connectivity index (χ1v) is 6.72. The number of hydrogen-bond donors (Lipinski definition) is 1. The van der Waals surface area contributed by atoms with Crippen molar-refractivity contribution in [1.29, 1.82) is 0 Å². The number of halogens is 1.